The monoisotopic (exact) mass is 303 g/mol. The van der Waals surface area contributed by atoms with Crippen LogP contribution in [0.2, 0.25) is 0 Å². The largest absolute Gasteiger partial charge is 0.496 e. The van der Waals surface area contributed by atoms with Crippen molar-refractivity contribution in [3.05, 3.63) is 29.8 Å². The van der Waals surface area contributed by atoms with Gasteiger partial charge in [0, 0.05) is 24.1 Å². The van der Waals surface area contributed by atoms with Crippen LogP contribution in [0.15, 0.2) is 24.3 Å². The fourth-order valence-corrected chi connectivity index (χ4v) is 3.83. The summed E-state index contributed by atoms with van der Waals surface area (Å²) in [6, 6.07) is 8.20. The molecule has 1 saturated heterocycles. The van der Waals surface area contributed by atoms with Crippen molar-refractivity contribution in [2.45, 2.75) is 50.0 Å². The molecule has 1 atom stereocenters. The van der Waals surface area contributed by atoms with Crippen LogP contribution in [-0.2, 0) is 14.9 Å². The van der Waals surface area contributed by atoms with E-state index in [1.54, 1.807) is 7.11 Å². The summed E-state index contributed by atoms with van der Waals surface area (Å²) in [5.41, 5.74) is 1.23. The average Bonchev–Trinajstić information content (AvgIpc) is 3.25. The normalized spacial score (nSPS) is 23.4. The van der Waals surface area contributed by atoms with Crippen molar-refractivity contribution >= 4 is 5.91 Å². The molecule has 1 aromatic carbocycles. The SMILES string of the molecule is COc1ccccc1C1(CNC(=O)C2CCCO2)CCCC1. The number of amides is 1. The molecule has 1 unspecified atom stereocenters. The summed E-state index contributed by atoms with van der Waals surface area (Å²) in [5, 5.41) is 3.14. The minimum atomic E-state index is -0.254. The van der Waals surface area contributed by atoms with Crippen molar-refractivity contribution in [3.8, 4) is 5.75 Å². The molecule has 1 aliphatic heterocycles. The number of rotatable bonds is 5. The topological polar surface area (TPSA) is 47.6 Å². The lowest BCUT2D eigenvalue weighted by Gasteiger charge is -2.31. The first-order valence-corrected chi connectivity index (χ1v) is 8.28. The van der Waals surface area contributed by atoms with Crippen molar-refractivity contribution in [3.63, 3.8) is 0 Å². The number of hydrogen-bond donors (Lipinski definition) is 1. The Hall–Kier alpha value is -1.55. The molecule has 1 amide bonds. The van der Waals surface area contributed by atoms with Crippen molar-refractivity contribution < 1.29 is 14.3 Å². The van der Waals surface area contributed by atoms with Crippen LogP contribution in [0.25, 0.3) is 0 Å². The van der Waals surface area contributed by atoms with Crippen LogP contribution in [0, 0.1) is 0 Å². The van der Waals surface area contributed by atoms with Crippen LogP contribution in [0.1, 0.15) is 44.1 Å². The highest BCUT2D eigenvalue weighted by Crippen LogP contribution is 2.44. The van der Waals surface area contributed by atoms with Gasteiger partial charge in [0.2, 0.25) is 5.91 Å². The molecule has 0 radical (unpaired) electrons. The predicted octanol–water partition coefficient (Wildman–Crippen LogP) is 2.80. The summed E-state index contributed by atoms with van der Waals surface area (Å²) >= 11 is 0. The van der Waals surface area contributed by atoms with E-state index in [2.05, 4.69) is 17.4 Å². The van der Waals surface area contributed by atoms with E-state index < -0.39 is 0 Å². The number of carbonyl (C=O) groups excluding carboxylic acids is 1. The second kappa shape index (κ2) is 6.69. The average molecular weight is 303 g/mol. The third kappa shape index (κ3) is 2.98. The first-order chi connectivity index (χ1) is 10.7. The summed E-state index contributed by atoms with van der Waals surface area (Å²) in [7, 11) is 1.71. The molecule has 0 bridgehead atoms. The highest BCUT2D eigenvalue weighted by atomic mass is 16.5. The van der Waals surface area contributed by atoms with E-state index in [0.717, 1.165) is 31.4 Å². The van der Waals surface area contributed by atoms with Gasteiger partial charge in [0.15, 0.2) is 0 Å². The number of carbonyl (C=O) groups is 1. The van der Waals surface area contributed by atoms with Crippen LogP contribution in [0.4, 0.5) is 0 Å². The molecule has 1 saturated carbocycles. The lowest BCUT2D eigenvalue weighted by molar-refractivity contribution is -0.130. The number of nitrogens with one attached hydrogen (secondary N) is 1. The zero-order valence-electron chi connectivity index (χ0n) is 13.3. The molecule has 2 aliphatic rings. The maximum atomic E-state index is 12.3. The molecule has 2 fully saturated rings. The number of ether oxygens (including phenoxy) is 2. The number of para-hydroxylation sites is 1. The Morgan fingerprint density at radius 1 is 1.32 bits per heavy atom. The zero-order valence-corrected chi connectivity index (χ0v) is 13.3. The fraction of sp³-hybridized carbons (Fsp3) is 0.611. The van der Waals surface area contributed by atoms with Crippen molar-refractivity contribution in [2.75, 3.05) is 20.3 Å². The van der Waals surface area contributed by atoms with E-state index in [4.69, 9.17) is 9.47 Å². The first kappa shape index (κ1) is 15.3. The minimum Gasteiger partial charge on any atom is -0.496 e. The molecule has 120 valence electrons. The Kier molecular flexibility index (Phi) is 4.67. The predicted molar refractivity (Wildman–Crippen MR) is 85.1 cm³/mol. The van der Waals surface area contributed by atoms with Crippen LogP contribution in [0.3, 0.4) is 0 Å². The molecular formula is C18H25NO3. The highest BCUT2D eigenvalue weighted by Gasteiger charge is 2.38. The van der Waals surface area contributed by atoms with Gasteiger partial charge in [-0.25, -0.2) is 0 Å². The van der Waals surface area contributed by atoms with Gasteiger partial charge in [-0.15, -0.1) is 0 Å². The second-order valence-electron chi connectivity index (χ2n) is 6.41. The van der Waals surface area contributed by atoms with E-state index in [9.17, 15) is 4.79 Å². The summed E-state index contributed by atoms with van der Waals surface area (Å²) < 4.78 is 11.0. The smallest absolute Gasteiger partial charge is 0.249 e. The van der Waals surface area contributed by atoms with Crippen LogP contribution >= 0.6 is 0 Å². The van der Waals surface area contributed by atoms with Gasteiger partial charge in [-0.1, -0.05) is 31.0 Å². The molecular weight excluding hydrogens is 278 g/mol. The molecule has 3 rings (SSSR count). The van der Waals surface area contributed by atoms with Crippen LogP contribution in [0.5, 0.6) is 5.75 Å². The summed E-state index contributed by atoms with van der Waals surface area (Å²) in [5.74, 6) is 0.967. The van der Waals surface area contributed by atoms with E-state index in [0.29, 0.717) is 13.2 Å². The maximum Gasteiger partial charge on any atom is 0.249 e. The van der Waals surface area contributed by atoms with E-state index in [1.807, 2.05) is 12.1 Å². The number of hydrogen-bond acceptors (Lipinski definition) is 3. The van der Waals surface area contributed by atoms with Gasteiger partial charge < -0.3 is 14.8 Å². The molecule has 1 aromatic rings. The number of benzene rings is 1. The molecule has 22 heavy (non-hydrogen) atoms. The molecule has 4 nitrogen and oxygen atoms in total. The maximum absolute atomic E-state index is 12.3. The summed E-state index contributed by atoms with van der Waals surface area (Å²) in [4.78, 5) is 12.3. The van der Waals surface area contributed by atoms with E-state index in [1.165, 1.54) is 18.4 Å². The van der Waals surface area contributed by atoms with Crippen molar-refractivity contribution in [2.24, 2.45) is 0 Å². The zero-order chi connectivity index (χ0) is 15.4. The molecule has 0 aromatic heterocycles. The van der Waals surface area contributed by atoms with Crippen molar-refractivity contribution in [1.29, 1.82) is 0 Å². The lowest BCUT2D eigenvalue weighted by Crippen LogP contribution is -2.43. The van der Waals surface area contributed by atoms with Gasteiger partial charge in [0.05, 0.1) is 7.11 Å². The molecule has 1 N–H and O–H groups in total. The van der Waals surface area contributed by atoms with Gasteiger partial charge in [0.25, 0.3) is 0 Å². The van der Waals surface area contributed by atoms with Crippen molar-refractivity contribution in [1.82, 2.24) is 5.32 Å². The minimum absolute atomic E-state index is 0.000861. The Balaban J connectivity index is 1.75. The van der Waals surface area contributed by atoms with Gasteiger partial charge in [-0.3, -0.25) is 4.79 Å². The van der Waals surface area contributed by atoms with Gasteiger partial charge in [-0.2, -0.15) is 0 Å². The highest BCUT2D eigenvalue weighted by molar-refractivity contribution is 5.81. The quantitative estimate of drug-likeness (QED) is 0.910. The first-order valence-electron chi connectivity index (χ1n) is 8.28. The molecule has 4 heteroatoms. The third-order valence-corrected chi connectivity index (χ3v) is 5.06. The fourth-order valence-electron chi connectivity index (χ4n) is 3.83. The standard InChI is InChI=1S/C18H25NO3/c1-21-15-8-3-2-7-14(15)18(10-4-5-11-18)13-19-17(20)16-9-6-12-22-16/h2-3,7-8,16H,4-6,9-13H2,1H3,(H,19,20). The molecule has 0 spiro atoms. The third-order valence-electron chi connectivity index (χ3n) is 5.06. The Morgan fingerprint density at radius 3 is 2.77 bits per heavy atom. The van der Waals surface area contributed by atoms with E-state index in [-0.39, 0.29) is 17.4 Å². The van der Waals surface area contributed by atoms with Gasteiger partial charge in [-0.05, 0) is 31.7 Å². The Labute approximate surface area is 132 Å². The van der Waals surface area contributed by atoms with Crippen LogP contribution < -0.4 is 10.1 Å². The van der Waals surface area contributed by atoms with Gasteiger partial charge in [0.1, 0.15) is 11.9 Å². The molecule has 1 aliphatic carbocycles. The van der Waals surface area contributed by atoms with E-state index >= 15 is 0 Å². The lowest BCUT2D eigenvalue weighted by atomic mass is 9.78. The van der Waals surface area contributed by atoms with Gasteiger partial charge >= 0.3 is 0 Å². The van der Waals surface area contributed by atoms with Crippen LogP contribution in [-0.4, -0.2) is 32.3 Å². The molecule has 1 heterocycles. The number of methoxy groups -OCH3 is 1. The Morgan fingerprint density at radius 2 is 2.09 bits per heavy atom. The summed E-state index contributed by atoms with van der Waals surface area (Å²) in [6.07, 6.45) is 6.17. The summed E-state index contributed by atoms with van der Waals surface area (Å²) in [6.45, 7) is 1.38. The Bertz CT molecular complexity index is 517. The second-order valence-corrected chi connectivity index (χ2v) is 6.41.